The van der Waals surface area contributed by atoms with Crippen LogP contribution in [0.2, 0.25) is 0 Å². The number of ether oxygens (including phenoxy) is 2. The summed E-state index contributed by atoms with van der Waals surface area (Å²) < 4.78 is 12.1. The van der Waals surface area contributed by atoms with Gasteiger partial charge in [0.25, 0.3) is 5.56 Å². The van der Waals surface area contributed by atoms with E-state index in [0.717, 1.165) is 34.5 Å². The van der Waals surface area contributed by atoms with E-state index in [4.69, 9.17) is 9.47 Å². The Morgan fingerprint density at radius 1 is 1.28 bits per heavy atom. The molecule has 0 saturated heterocycles. The number of benzene rings is 1. The number of nitrogens with zero attached hydrogens (tertiary/aromatic N) is 1. The number of hydrogen-bond acceptors (Lipinski definition) is 5. The lowest BCUT2D eigenvalue weighted by Crippen LogP contribution is -2.40. The molecule has 0 spiro atoms. The zero-order valence-electron chi connectivity index (χ0n) is 19.0. The molecule has 0 aliphatic heterocycles. The normalized spacial score (nSPS) is 12.3. The fourth-order valence-corrected chi connectivity index (χ4v) is 4.16. The van der Waals surface area contributed by atoms with Crippen LogP contribution in [0.15, 0.2) is 33.7 Å². The van der Waals surface area contributed by atoms with E-state index in [1.807, 2.05) is 32.0 Å². The summed E-state index contributed by atoms with van der Waals surface area (Å²) in [6.07, 6.45) is 3.84. The quantitative estimate of drug-likeness (QED) is 0.298. The number of rotatable bonds is 9. The number of pyridine rings is 2. The average Bonchev–Trinajstić information content (AvgIpc) is 2.72. The predicted octanol–water partition coefficient (Wildman–Crippen LogP) is 5.47. The number of aryl methyl sites for hydroxylation is 1. The first-order valence-corrected chi connectivity index (χ1v) is 11.8. The molecule has 0 aliphatic carbocycles. The molecule has 0 fully saturated rings. The maximum Gasteiger partial charge on any atom is 0.407 e. The van der Waals surface area contributed by atoms with Crippen LogP contribution in [0.1, 0.15) is 45.7 Å². The number of amides is 1. The number of fused-ring (bicyclic) bond motifs is 3. The molecule has 1 unspecified atom stereocenters. The Kier molecular flexibility index (Phi) is 8.12. The number of hydrogen-bond donors (Lipinski definition) is 2. The molecular weight excluding hydrogens is 474 g/mol. The molecule has 8 heteroatoms. The van der Waals surface area contributed by atoms with Crippen molar-refractivity contribution < 1.29 is 14.3 Å². The molecule has 2 aromatic heterocycles. The Labute approximate surface area is 196 Å². The zero-order valence-corrected chi connectivity index (χ0v) is 20.5. The van der Waals surface area contributed by atoms with Gasteiger partial charge in [-0.05, 0) is 59.1 Å². The molecule has 1 amide bonds. The second-order valence-corrected chi connectivity index (χ2v) is 9.23. The van der Waals surface area contributed by atoms with Gasteiger partial charge in [-0.25, -0.2) is 4.79 Å². The number of H-pyrrole nitrogens is 1. The first-order valence-electron chi connectivity index (χ1n) is 11.0. The monoisotopic (exact) mass is 503 g/mol. The van der Waals surface area contributed by atoms with Gasteiger partial charge in [-0.2, -0.15) is 0 Å². The van der Waals surface area contributed by atoms with E-state index in [9.17, 15) is 9.59 Å². The van der Waals surface area contributed by atoms with Crippen molar-refractivity contribution in [3.05, 3.63) is 44.9 Å². The molecule has 1 atom stereocenters. The maximum absolute atomic E-state index is 12.6. The minimum absolute atomic E-state index is 0.180. The van der Waals surface area contributed by atoms with Crippen LogP contribution < -0.4 is 15.6 Å². The minimum atomic E-state index is -0.426. The first-order chi connectivity index (χ1) is 15.3. The molecule has 32 heavy (non-hydrogen) atoms. The van der Waals surface area contributed by atoms with Gasteiger partial charge in [-0.1, -0.05) is 27.2 Å². The van der Waals surface area contributed by atoms with E-state index in [0.29, 0.717) is 34.9 Å². The fraction of sp³-hybridized carbons (Fsp3) is 0.458. The third kappa shape index (κ3) is 5.79. The Hall–Kier alpha value is -2.61. The van der Waals surface area contributed by atoms with Crippen molar-refractivity contribution in [3.63, 3.8) is 0 Å². The van der Waals surface area contributed by atoms with Crippen molar-refractivity contribution in [1.82, 2.24) is 15.3 Å². The molecule has 0 bridgehead atoms. The van der Waals surface area contributed by atoms with Gasteiger partial charge in [-0.3, -0.25) is 9.78 Å². The molecular formula is C24H30BrN3O4. The SMILES string of the molecule is CCCCOC(=O)NC(COc1cc2[nH]c(=O)c3c(C)nccc3c2cc1Br)CC(C)C. The van der Waals surface area contributed by atoms with E-state index in [2.05, 4.69) is 45.1 Å². The fourth-order valence-electron chi connectivity index (χ4n) is 3.70. The first kappa shape index (κ1) is 24.0. The third-order valence-corrected chi connectivity index (χ3v) is 5.85. The van der Waals surface area contributed by atoms with Crippen molar-refractivity contribution in [2.75, 3.05) is 13.2 Å². The van der Waals surface area contributed by atoms with Crippen molar-refractivity contribution >= 4 is 43.7 Å². The van der Waals surface area contributed by atoms with Gasteiger partial charge in [0.1, 0.15) is 12.4 Å². The summed E-state index contributed by atoms with van der Waals surface area (Å²) in [6, 6.07) is 5.39. The van der Waals surface area contributed by atoms with Crippen LogP contribution in [0.4, 0.5) is 4.79 Å². The van der Waals surface area contributed by atoms with Gasteiger partial charge in [-0.15, -0.1) is 0 Å². The number of unbranched alkanes of at least 4 members (excludes halogenated alkanes) is 1. The third-order valence-electron chi connectivity index (χ3n) is 5.23. The number of carbonyl (C=O) groups is 1. The van der Waals surface area contributed by atoms with Crippen LogP contribution in [0, 0.1) is 12.8 Å². The summed E-state index contributed by atoms with van der Waals surface area (Å²) in [6.45, 7) is 8.75. The second-order valence-electron chi connectivity index (χ2n) is 8.37. The zero-order chi connectivity index (χ0) is 23.3. The van der Waals surface area contributed by atoms with Gasteiger partial charge < -0.3 is 19.8 Å². The van der Waals surface area contributed by atoms with Gasteiger partial charge in [0.2, 0.25) is 0 Å². The number of aromatic nitrogens is 2. The molecule has 3 rings (SSSR count). The Morgan fingerprint density at radius 3 is 2.78 bits per heavy atom. The molecule has 2 heterocycles. The van der Waals surface area contributed by atoms with Crippen LogP contribution in [0.5, 0.6) is 5.75 Å². The second kappa shape index (κ2) is 10.8. The lowest BCUT2D eigenvalue weighted by molar-refractivity contribution is 0.133. The van der Waals surface area contributed by atoms with E-state index < -0.39 is 6.09 Å². The number of halogens is 1. The highest BCUT2D eigenvalue weighted by Gasteiger charge is 2.17. The maximum atomic E-state index is 12.6. The lowest BCUT2D eigenvalue weighted by atomic mass is 10.0. The van der Waals surface area contributed by atoms with E-state index >= 15 is 0 Å². The van der Waals surface area contributed by atoms with E-state index in [-0.39, 0.29) is 18.2 Å². The smallest absolute Gasteiger partial charge is 0.407 e. The molecule has 172 valence electrons. The number of alkyl carbamates (subject to hydrolysis) is 1. The van der Waals surface area contributed by atoms with E-state index in [1.165, 1.54) is 0 Å². The largest absolute Gasteiger partial charge is 0.490 e. The highest BCUT2D eigenvalue weighted by atomic mass is 79.9. The summed E-state index contributed by atoms with van der Waals surface area (Å²) in [7, 11) is 0. The lowest BCUT2D eigenvalue weighted by Gasteiger charge is -2.21. The number of carbonyl (C=O) groups excluding carboxylic acids is 1. The standard InChI is InChI=1S/C24H30BrN3O4/c1-5-6-9-31-24(30)27-16(10-14(2)3)13-32-21-12-20-18(11-19(21)25)17-7-8-26-15(4)22(17)23(29)28-20/h7-8,11-12,14,16H,5-6,9-10,13H2,1-4H3,(H,27,30)(H,28,29). The minimum Gasteiger partial charge on any atom is -0.490 e. The summed E-state index contributed by atoms with van der Waals surface area (Å²) in [5.41, 5.74) is 1.19. The number of nitrogens with one attached hydrogen (secondary N) is 2. The van der Waals surface area contributed by atoms with E-state index in [1.54, 1.807) is 6.20 Å². The molecule has 7 nitrogen and oxygen atoms in total. The van der Waals surface area contributed by atoms with Crippen LogP contribution >= 0.6 is 15.9 Å². The van der Waals surface area contributed by atoms with Crippen LogP contribution in [-0.4, -0.2) is 35.3 Å². The molecule has 3 aromatic rings. The van der Waals surface area contributed by atoms with Crippen molar-refractivity contribution in [2.45, 2.75) is 53.0 Å². The molecule has 0 aliphatic rings. The summed E-state index contributed by atoms with van der Waals surface area (Å²) in [5, 5.41) is 5.24. The summed E-state index contributed by atoms with van der Waals surface area (Å²) in [5.74, 6) is 0.965. The molecule has 0 radical (unpaired) electrons. The highest BCUT2D eigenvalue weighted by molar-refractivity contribution is 9.10. The topological polar surface area (TPSA) is 93.3 Å². The van der Waals surface area contributed by atoms with Crippen molar-refractivity contribution in [2.24, 2.45) is 5.92 Å². The van der Waals surface area contributed by atoms with Crippen LogP contribution in [-0.2, 0) is 4.74 Å². The Balaban J connectivity index is 1.82. The van der Waals surface area contributed by atoms with Crippen LogP contribution in [0.25, 0.3) is 21.7 Å². The van der Waals surface area contributed by atoms with Crippen molar-refractivity contribution in [1.29, 1.82) is 0 Å². The van der Waals surface area contributed by atoms with Crippen molar-refractivity contribution in [3.8, 4) is 5.75 Å². The summed E-state index contributed by atoms with van der Waals surface area (Å²) in [4.78, 5) is 31.9. The predicted molar refractivity (Wildman–Crippen MR) is 130 cm³/mol. The van der Waals surface area contributed by atoms with Gasteiger partial charge >= 0.3 is 6.09 Å². The molecule has 1 aromatic carbocycles. The molecule has 0 saturated carbocycles. The highest BCUT2D eigenvalue weighted by Crippen LogP contribution is 2.32. The Morgan fingerprint density at radius 2 is 2.06 bits per heavy atom. The van der Waals surface area contributed by atoms with Gasteiger partial charge in [0.05, 0.1) is 33.7 Å². The van der Waals surface area contributed by atoms with Crippen LogP contribution in [0.3, 0.4) is 0 Å². The average molecular weight is 504 g/mol. The van der Waals surface area contributed by atoms with Gasteiger partial charge in [0.15, 0.2) is 0 Å². The van der Waals surface area contributed by atoms with Gasteiger partial charge in [0, 0.05) is 17.6 Å². The molecule has 2 N–H and O–H groups in total. The number of aromatic amines is 1. The summed E-state index contributed by atoms with van der Waals surface area (Å²) >= 11 is 3.59. The Bertz CT molecular complexity index is 1160.